The van der Waals surface area contributed by atoms with Crippen LogP contribution in [0.5, 0.6) is 0 Å². The molecule has 2 aliphatic heterocycles. The highest BCUT2D eigenvalue weighted by atomic mass is 16.2. The third-order valence-corrected chi connectivity index (χ3v) is 5.57. The Morgan fingerprint density at radius 1 is 1.11 bits per heavy atom. The lowest BCUT2D eigenvalue weighted by Gasteiger charge is -2.36. The van der Waals surface area contributed by atoms with Crippen molar-refractivity contribution in [3.8, 4) is 0 Å². The van der Waals surface area contributed by atoms with Crippen molar-refractivity contribution in [2.45, 2.75) is 51.1 Å². The number of benzene rings is 1. The van der Waals surface area contributed by atoms with Gasteiger partial charge in [-0.3, -0.25) is 14.5 Å². The van der Waals surface area contributed by atoms with Gasteiger partial charge in [0.05, 0.1) is 0 Å². The number of hydrogen-bond acceptors (Lipinski definition) is 4. The SMILES string of the molecule is NCCC(=O)NCC1CCCCN1C(=O)c1cccc(CN2CCCC2)c1. The molecule has 3 N–H and O–H groups in total. The highest BCUT2D eigenvalue weighted by Gasteiger charge is 2.28. The van der Waals surface area contributed by atoms with Crippen LogP contribution in [0.3, 0.4) is 0 Å². The zero-order valence-electron chi connectivity index (χ0n) is 16.2. The van der Waals surface area contributed by atoms with Crippen molar-refractivity contribution >= 4 is 11.8 Å². The van der Waals surface area contributed by atoms with Gasteiger partial charge in [-0.2, -0.15) is 0 Å². The second-order valence-electron chi connectivity index (χ2n) is 7.67. The maximum absolute atomic E-state index is 13.1. The number of nitrogens with zero attached hydrogens (tertiary/aromatic N) is 2. The van der Waals surface area contributed by atoms with Gasteiger partial charge < -0.3 is 16.0 Å². The third-order valence-electron chi connectivity index (χ3n) is 5.57. The van der Waals surface area contributed by atoms with Crippen LogP contribution in [0, 0.1) is 0 Å². The quantitative estimate of drug-likeness (QED) is 0.764. The zero-order chi connectivity index (χ0) is 19.1. The summed E-state index contributed by atoms with van der Waals surface area (Å²) in [6.07, 6.45) is 5.91. The molecular formula is C21H32N4O2. The van der Waals surface area contributed by atoms with E-state index in [0.29, 0.717) is 19.5 Å². The van der Waals surface area contributed by atoms with E-state index >= 15 is 0 Å². The van der Waals surface area contributed by atoms with Gasteiger partial charge in [0.2, 0.25) is 5.91 Å². The predicted molar refractivity (Wildman–Crippen MR) is 106 cm³/mol. The van der Waals surface area contributed by atoms with Gasteiger partial charge in [0.25, 0.3) is 5.91 Å². The summed E-state index contributed by atoms with van der Waals surface area (Å²) in [5.41, 5.74) is 7.39. The average molecular weight is 373 g/mol. The Morgan fingerprint density at radius 2 is 1.89 bits per heavy atom. The van der Waals surface area contributed by atoms with E-state index in [1.807, 2.05) is 23.1 Å². The zero-order valence-corrected chi connectivity index (χ0v) is 16.2. The first-order valence-corrected chi connectivity index (χ1v) is 10.3. The molecule has 3 rings (SSSR count). The monoisotopic (exact) mass is 372 g/mol. The minimum Gasteiger partial charge on any atom is -0.354 e. The van der Waals surface area contributed by atoms with E-state index in [1.54, 1.807) is 0 Å². The lowest BCUT2D eigenvalue weighted by molar-refractivity contribution is -0.121. The lowest BCUT2D eigenvalue weighted by Crippen LogP contribution is -2.49. The van der Waals surface area contributed by atoms with Crippen LogP contribution < -0.4 is 11.1 Å². The molecule has 2 amide bonds. The van der Waals surface area contributed by atoms with E-state index in [9.17, 15) is 9.59 Å². The van der Waals surface area contributed by atoms with Crippen LogP contribution in [0.4, 0.5) is 0 Å². The first-order valence-electron chi connectivity index (χ1n) is 10.3. The summed E-state index contributed by atoms with van der Waals surface area (Å²) in [5.74, 6) is 0.0409. The molecule has 0 aromatic heterocycles. The van der Waals surface area contributed by atoms with Crippen molar-refractivity contribution in [3.63, 3.8) is 0 Å². The Kier molecular flexibility index (Phi) is 7.24. The van der Waals surface area contributed by atoms with E-state index in [4.69, 9.17) is 5.73 Å². The lowest BCUT2D eigenvalue weighted by atomic mass is 10.00. The molecule has 2 heterocycles. The van der Waals surface area contributed by atoms with Crippen molar-refractivity contribution < 1.29 is 9.59 Å². The molecule has 0 radical (unpaired) electrons. The van der Waals surface area contributed by atoms with Crippen LogP contribution in [-0.2, 0) is 11.3 Å². The predicted octanol–water partition coefficient (Wildman–Crippen LogP) is 1.74. The number of nitrogens with one attached hydrogen (secondary N) is 1. The molecule has 1 unspecified atom stereocenters. The normalized spacial score (nSPS) is 20.6. The third kappa shape index (κ3) is 5.53. The molecule has 1 atom stereocenters. The summed E-state index contributed by atoms with van der Waals surface area (Å²) in [7, 11) is 0. The van der Waals surface area contributed by atoms with Gasteiger partial charge in [-0.05, 0) is 62.9 Å². The van der Waals surface area contributed by atoms with E-state index in [1.165, 1.54) is 18.4 Å². The van der Waals surface area contributed by atoms with Crippen LogP contribution in [0.2, 0.25) is 0 Å². The van der Waals surface area contributed by atoms with Gasteiger partial charge in [0.1, 0.15) is 0 Å². The number of nitrogens with two attached hydrogens (primary N) is 1. The minimum absolute atomic E-state index is 0.0388. The number of rotatable bonds is 7. The Morgan fingerprint density at radius 3 is 2.67 bits per heavy atom. The summed E-state index contributed by atoms with van der Waals surface area (Å²) in [6, 6.07) is 8.11. The molecule has 148 valence electrons. The fourth-order valence-corrected chi connectivity index (χ4v) is 4.10. The second-order valence-corrected chi connectivity index (χ2v) is 7.67. The second kappa shape index (κ2) is 9.85. The van der Waals surface area contributed by atoms with Gasteiger partial charge >= 0.3 is 0 Å². The molecule has 0 spiro atoms. The fraction of sp³-hybridized carbons (Fsp3) is 0.619. The van der Waals surface area contributed by atoms with Crippen LogP contribution >= 0.6 is 0 Å². The average Bonchev–Trinajstić information content (AvgIpc) is 3.19. The van der Waals surface area contributed by atoms with Gasteiger partial charge in [0, 0.05) is 44.2 Å². The topological polar surface area (TPSA) is 78.7 Å². The Balaban J connectivity index is 1.64. The molecule has 0 aliphatic carbocycles. The Hall–Kier alpha value is -1.92. The maximum atomic E-state index is 13.1. The molecule has 2 fully saturated rings. The van der Waals surface area contributed by atoms with Crippen molar-refractivity contribution in [1.82, 2.24) is 15.1 Å². The van der Waals surface area contributed by atoms with Gasteiger partial charge in [-0.25, -0.2) is 0 Å². The number of likely N-dealkylation sites (tertiary alicyclic amines) is 2. The number of piperidine rings is 1. The van der Waals surface area contributed by atoms with Crippen molar-refractivity contribution in [2.75, 3.05) is 32.7 Å². The highest BCUT2D eigenvalue weighted by molar-refractivity contribution is 5.94. The molecule has 6 nitrogen and oxygen atoms in total. The highest BCUT2D eigenvalue weighted by Crippen LogP contribution is 2.21. The van der Waals surface area contributed by atoms with Crippen molar-refractivity contribution in [1.29, 1.82) is 0 Å². The molecule has 6 heteroatoms. The number of hydrogen-bond donors (Lipinski definition) is 2. The maximum Gasteiger partial charge on any atom is 0.254 e. The van der Waals surface area contributed by atoms with E-state index in [2.05, 4.69) is 16.3 Å². The summed E-state index contributed by atoms with van der Waals surface area (Å²) in [5, 5.41) is 2.93. The molecule has 1 aromatic rings. The smallest absolute Gasteiger partial charge is 0.254 e. The molecule has 2 saturated heterocycles. The van der Waals surface area contributed by atoms with Gasteiger partial charge in [-0.15, -0.1) is 0 Å². The van der Waals surface area contributed by atoms with E-state index in [0.717, 1.165) is 51.0 Å². The molecule has 0 saturated carbocycles. The van der Waals surface area contributed by atoms with E-state index in [-0.39, 0.29) is 17.9 Å². The number of carbonyl (C=O) groups excluding carboxylic acids is 2. The van der Waals surface area contributed by atoms with Gasteiger partial charge in [-0.1, -0.05) is 12.1 Å². The number of amides is 2. The standard InChI is InChI=1S/C21H32N4O2/c22-10-9-20(26)23-15-19-8-1-2-13-25(19)21(27)18-7-5-6-17(14-18)16-24-11-3-4-12-24/h5-7,14,19H,1-4,8-13,15-16,22H2,(H,23,26). The van der Waals surface area contributed by atoms with Crippen LogP contribution in [0.25, 0.3) is 0 Å². The summed E-state index contributed by atoms with van der Waals surface area (Å²) >= 11 is 0. The molecule has 2 aliphatic rings. The first-order chi connectivity index (χ1) is 13.2. The van der Waals surface area contributed by atoms with Crippen molar-refractivity contribution in [3.05, 3.63) is 35.4 Å². The molecular weight excluding hydrogens is 340 g/mol. The fourth-order valence-electron chi connectivity index (χ4n) is 4.10. The van der Waals surface area contributed by atoms with E-state index < -0.39 is 0 Å². The molecule has 1 aromatic carbocycles. The molecule has 27 heavy (non-hydrogen) atoms. The Labute approximate surface area is 162 Å². The number of carbonyl (C=O) groups is 2. The largest absolute Gasteiger partial charge is 0.354 e. The molecule has 0 bridgehead atoms. The van der Waals surface area contributed by atoms with Crippen LogP contribution in [0.1, 0.15) is 54.4 Å². The van der Waals surface area contributed by atoms with Crippen LogP contribution in [0.15, 0.2) is 24.3 Å². The Bertz CT molecular complexity index is 643. The summed E-state index contributed by atoms with van der Waals surface area (Å²) in [4.78, 5) is 29.3. The summed E-state index contributed by atoms with van der Waals surface area (Å²) in [6.45, 7) is 4.83. The van der Waals surface area contributed by atoms with Crippen LogP contribution in [-0.4, -0.2) is 60.4 Å². The van der Waals surface area contributed by atoms with Crippen molar-refractivity contribution in [2.24, 2.45) is 5.73 Å². The minimum atomic E-state index is -0.0388. The summed E-state index contributed by atoms with van der Waals surface area (Å²) < 4.78 is 0. The van der Waals surface area contributed by atoms with Gasteiger partial charge in [0.15, 0.2) is 0 Å². The first kappa shape index (κ1) is 19.8.